The third kappa shape index (κ3) is 4.03. The van der Waals surface area contributed by atoms with Gasteiger partial charge in [-0.05, 0) is 12.6 Å². The summed E-state index contributed by atoms with van der Waals surface area (Å²) in [6, 6.07) is 12.4. The summed E-state index contributed by atoms with van der Waals surface area (Å²) in [5, 5.41) is 12.5. The molecular weight excluding hydrogens is 238 g/mol. The van der Waals surface area contributed by atoms with Crippen LogP contribution in [0.4, 0.5) is 0 Å². The van der Waals surface area contributed by atoms with E-state index < -0.39 is 0 Å². The van der Waals surface area contributed by atoms with Gasteiger partial charge in [0.25, 0.3) is 0 Å². The van der Waals surface area contributed by atoms with Crippen molar-refractivity contribution >= 4 is 0 Å². The minimum Gasteiger partial charge on any atom is -0.374 e. The lowest BCUT2D eigenvalue weighted by molar-refractivity contribution is -0.0267. The van der Waals surface area contributed by atoms with Gasteiger partial charge in [-0.25, -0.2) is 0 Å². The molecule has 1 aliphatic heterocycles. The van der Waals surface area contributed by atoms with Crippen molar-refractivity contribution in [2.45, 2.75) is 12.0 Å². The number of rotatable bonds is 5. The molecule has 0 saturated carbocycles. The fourth-order valence-corrected chi connectivity index (χ4v) is 2.46. The van der Waals surface area contributed by atoms with E-state index in [4.69, 9.17) is 4.74 Å². The van der Waals surface area contributed by atoms with Gasteiger partial charge in [0.1, 0.15) is 0 Å². The average molecular weight is 259 g/mol. The second-order valence-electron chi connectivity index (χ2n) is 4.90. The molecule has 19 heavy (non-hydrogen) atoms. The molecule has 2 atom stereocenters. The number of morpholine rings is 1. The summed E-state index contributed by atoms with van der Waals surface area (Å²) in [7, 11) is 1.93. The molecule has 4 nitrogen and oxygen atoms in total. The van der Waals surface area contributed by atoms with E-state index >= 15 is 0 Å². The van der Waals surface area contributed by atoms with Gasteiger partial charge in [0.15, 0.2) is 0 Å². The van der Waals surface area contributed by atoms with Gasteiger partial charge in [-0.15, -0.1) is 0 Å². The number of hydrogen-bond donors (Lipinski definition) is 1. The predicted octanol–water partition coefficient (Wildman–Crippen LogP) is 1.21. The van der Waals surface area contributed by atoms with Crippen LogP contribution in [0.1, 0.15) is 11.5 Å². The first-order chi connectivity index (χ1) is 9.33. The number of hydrogen-bond acceptors (Lipinski definition) is 4. The van der Waals surface area contributed by atoms with Crippen LogP contribution in [0, 0.1) is 11.3 Å². The van der Waals surface area contributed by atoms with Crippen LogP contribution in [0.25, 0.3) is 0 Å². The highest BCUT2D eigenvalue weighted by Crippen LogP contribution is 2.17. The number of likely N-dealkylation sites (N-methyl/N-ethyl adjacent to an activating group) is 1. The Morgan fingerprint density at radius 2 is 2.26 bits per heavy atom. The van der Waals surface area contributed by atoms with E-state index in [2.05, 4.69) is 16.3 Å². The van der Waals surface area contributed by atoms with Gasteiger partial charge in [0.05, 0.1) is 24.7 Å². The fourth-order valence-electron chi connectivity index (χ4n) is 2.46. The summed E-state index contributed by atoms with van der Waals surface area (Å²) < 4.78 is 5.68. The summed E-state index contributed by atoms with van der Waals surface area (Å²) in [6.45, 7) is 4.19. The zero-order valence-corrected chi connectivity index (χ0v) is 11.4. The van der Waals surface area contributed by atoms with E-state index in [1.54, 1.807) is 0 Å². The third-order valence-corrected chi connectivity index (χ3v) is 3.45. The lowest BCUT2D eigenvalue weighted by Crippen LogP contribution is -2.47. The molecule has 2 unspecified atom stereocenters. The van der Waals surface area contributed by atoms with Crippen LogP contribution >= 0.6 is 0 Å². The Labute approximate surface area is 115 Å². The fraction of sp³-hybridized carbons (Fsp3) is 0.533. The zero-order chi connectivity index (χ0) is 13.5. The second kappa shape index (κ2) is 7.25. The molecule has 102 valence electrons. The van der Waals surface area contributed by atoms with E-state index in [0.717, 1.165) is 38.3 Å². The van der Waals surface area contributed by atoms with Crippen molar-refractivity contribution in [1.29, 1.82) is 5.26 Å². The van der Waals surface area contributed by atoms with Crippen LogP contribution < -0.4 is 5.32 Å². The highest BCUT2D eigenvalue weighted by molar-refractivity contribution is 5.25. The van der Waals surface area contributed by atoms with E-state index in [0.29, 0.717) is 0 Å². The molecule has 0 bridgehead atoms. The van der Waals surface area contributed by atoms with Gasteiger partial charge in [-0.1, -0.05) is 30.3 Å². The Bertz CT molecular complexity index is 413. The molecule has 4 heteroatoms. The minimum absolute atomic E-state index is 0.0606. The molecule has 0 aromatic heterocycles. The van der Waals surface area contributed by atoms with Crippen LogP contribution in [-0.2, 0) is 4.74 Å². The highest BCUT2D eigenvalue weighted by atomic mass is 16.5. The van der Waals surface area contributed by atoms with E-state index in [9.17, 15) is 5.26 Å². The standard InChI is InChI=1S/C15H21N3O/c1-17-10-15-12-18(7-8-19-15)11-14(9-16)13-5-3-2-4-6-13/h2-6,14-15,17H,7-8,10-12H2,1H3. The van der Waals surface area contributed by atoms with E-state index in [1.807, 2.05) is 37.4 Å². The molecule has 1 N–H and O–H groups in total. The van der Waals surface area contributed by atoms with Crippen molar-refractivity contribution in [3.05, 3.63) is 35.9 Å². The number of nitrogens with zero attached hydrogens (tertiary/aromatic N) is 2. The van der Waals surface area contributed by atoms with Gasteiger partial charge in [-0.2, -0.15) is 5.26 Å². The largest absolute Gasteiger partial charge is 0.374 e. The number of nitrogens with one attached hydrogen (secondary N) is 1. The van der Waals surface area contributed by atoms with Gasteiger partial charge in [0.2, 0.25) is 0 Å². The lowest BCUT2D eigenvalue weighted by atomic mass is 10.00. The van der Waals surface area contributed by atoms with E-state index in [1.165, 1.54) is 0 Å². The molecule has 1 saturated heterocycles. The zero-order valence-electron chi connectivity index (χ0n) is 11.4. The second-order valence-corrected chi connectivity index (χ2v) is 4.90. The molecule has 2 rings (SSSR count). The first kappa shape index (κ1) is 14.0. The third-order valence-electron chi connectivity index (χ3n) is 3.45. The molecule has 1 fully saturated rings. The molecule has 1 aromatic carbocycles. The molecule has 0 spiro atoms. The van der Waals surface area contributed by atoms with Gasteiger partial charge >= 0.3 is 0 Å². The van der Waals surface area contributed by atoms with Crippen LogP contribution in [0.3, 0.4) is 0 Å². The Morgan fingerprint density at radius 1 is 1.47 bits per heavy atom. The Kier molecular flexibility index (Phi) is 5.34. The maximum atomic E-state index is 9.36. The summed E-state index contributed by atoms with van der Waals surface area (Å²) in [5.74, 6) is -0.0606. The minimum atomic E-state index is -0.0606. The molecule has 1 aromatic rings. The predicted molar refractivity (Wildman–Crippen MR) is 74.9 cm³/mol. The quantitative estimate of drug-likeness (QED) is 0.863. The van der Waals surface area contributed by atoms with Crippen molar-refractivity contribution in [2.24, 2.45) is 0 Å². The number of benzene rings is 1. The Morgan fingerprint density at radius 3 is 2.95 bits per heavy atom. The molecule has 1 heterocycles. The van der Waals surface area contributed by atoms with Crippen molar-refractivity contribution in [3.8, 4) is 6.07 Å². The maximum Gasteiger partial charge on any atom is 0.0839 e. The molecule has 1 aliphatic rings. The van der Waals surface area contributed by atoms with Crippen LogP contribution in [0.15, 0.2) is 30.3 Å². The molecular formula is C15H21N3O. The van der Waals surface area contributed by atoms with Crippen LogP contribution in [0.5, 0.6) is 0 Å². The van der Waals surface area contributed by atoms with Crippen molar-refractivity contribution in [1.82, 2.24) is 10.2 Å². The number of ether oxygens (including phenoxy) is 1. The first-order valence-electron chi connectivity index (χ1n) is 6.76. The highest BCUT2D eigenvalue weighted by Gasteiger charge is 2.23. The Balaban J connectivity index is 1.93. The van der Waals surface area contributed by atoms with Gasteiger partial charge in [0, 0.05) is 26.2 Å². The molecule has 0 amide bonds. The van der Waals surface area contributed by atoms with Crippen LogP contribution in [0.2, 0.25) is 0 Å². The smallest absolute Gasteiger partial charge is 0.0839 e. The van der Waals surface area contributed by atoms with Gasteiger partial charge in [-0.3, -0.25) is 4.90 Å². The topological polar surface area (TPSA) is 48.3 Å². The van der Waals surface area contributed by atoms with Crippen molar-refractivity contribution in [3.63, 3.8) is 0 Å². The average Bonchev–Trinajstić information content (AvgIpc) is 2.46. The summed E-state index contributed by atoms with van der Waals surface area (Å²) in [5.41, 5.74) is 1.10. The van der Waals surface area contributed by atoms with Crippen molar-refractivity contribution < 1.29 is 4.74 Å². The number of nitriles is 1. The van der Waals surface area contributed by atoms with Crippen LogP contribution in [-0.4, -0.2) is 50.8 Å². The van der Waals surface area contributed by atoms with E-state index in [-0.39, 0.29) is 12.0 Å². The maximum absolute atomic E-state index is 9.36. The van der Waals surface area contributed by atoms with Crippen molar-refractivity contribution in [2.75, 3.05) is 39.8 Å². The summed E-state index contributed by atoms with van der Waals surface area (Å²) in [4.78, 5) is 2.33. The molecule has 0 radical (unpaired) electrons. The monoisotopic (exact) mass is 259 g/mol. The normalized spacial score (nSPS) is 21.8. The SMILES string of the molecule is CNCC1CN(CC(C#N)c2ccccc2)CCO1. The summed E-state index contributed by atoms with van der Waals surface area (Å²) in [6.07, 6.45) is 0.230. The lowest BCUT2D eigenvalue weighted by Gasteiger charge is -2.33. The first-order valence-corrected chi connectivity index (χ1v) is 6.76. The van der Waals surface area contributed by atoms with Gasteiger partial charge < -0.3 is 10.1 Å². The molecule has 0 aliphatic carbocycles. The Hall–Kier alpha value is -1.41. The summed E-state index contributed by atoms with van der Waals surface area (Å²) >= 11 is 0.